The van der Waals surface area contributed by atoms with E-state index in [0.29, 0.717) is 5.02 Å². The maximum Gasteiger partial charge on any atom is 0.241 e. The second-order valence-corrected chi connectivity index (χ2v) is 9.69. The number of carbonyl (C=O) groups is 1. The first kappa shape index (κ1) is 21.7. The first-order valence-corrected chi connectivity index (χ1v) is 11.7. The van der Waals surface area contributed by atoms with Gasteiger partial charge < -0.3 is 10.1 Å². The molecule has 1 atom stereocenters. The molecule has 6 nitrogen and oxygen atoms in total. The van der Waals surface area contributed by atoms with Crippen molar-refractivity contribution in [2.24, 2.45) is 0 Å². The van der Waals surface area contributed by atoms with Gasteiger partial charge in [-0.25, -0.2) is 8.42 Å². The Morgan fingerprint density at radius 3 is 2.69 bits per heavy atom. The molecule has 0 radical (unpaired) electrons. The minimum absolute atomic E-state index is 0.172. The van der Waals surface area contributed by atoms with Gasteiger partial charge in [-0.3, -0.25) is 9.10 Å². The van der Waals surface area contributed by atoms with Gasteiger partial charge in [0.1, 0.15) is 12.3 Å². The molecule has 1 aliphatic rings. The number of hydrogen-bond donors (Lipinski definition) is 1. The lowest BCUT2D eigenvalue weighted by molar-refractivity contribution is -0.120. The summed E-state index contributed by atoms with van der Waals surface area (Å²) in [4.78, 5) is 12.8. The zero-order valence-corrected chi connectivity index (χ0v) is 18.4. The van der Waals surface area contributed by atoms with Crippen LogP contribution in [0.25, 0.3) is 0 Å². The average Bonchev–Trinajstić information content (AvgIpc) is 2.67. The predicted octanol–water partition coefficient (Wildman–Crippen LogP) is 3.96. The number of amides is 1. The number of nitrogens with one attached hydrogen (secondary N) is 1. The number of methoxy groups -OCH3 is 1. The highest BCUT2D eigenvalue weighted by atomic mass is 35.5. The van der Waals surface area contributed by atoms with Crippen LogP contribution in [0.15, 0.2) is 36.4 Å². The molecule has 156 valence electrons. The molecule has 2 aromatic rings. The summed E-state index contributed by atoms with van der Waals surface area (Å²) in [5.41, 5.74) is 2.32. The molecule has 0 spiro atoms. The molecule has 1 aliphatic carbocycles. The number of benzene rings is 2. The summed E-state index contributed by atoms with van der Waals surface area (Å²) in [7, 11) is -2.13. The number of anilines is 1. The summed E-state index contributed by atoms with van der Waals surface area (Å²) in [5.74, 6) is 0.356. The SMILES string of the molecule is COc1ccc2c(c1)CCCC2NC(=O)CN(c1cc(Cl)ccc1Cl)S(C)(=O)=O. The zero-order valence-electron chi connectivity index (χ0n) is 16.1. The number of carbonyl (C=O) groups excluding carboxylic acids is 1. The molecular weight excluding hydrogens is 435 g/mol. The van der Waals surface area contributed by atoms with E-state index in [9.17, 15) is 13.2 Å². The van der Waals surface area contributed by atoms with Gasteiger partial charge in [0.25, 0.3) is 0 Å². The van der Waals surface area contributed by atoms with Crippen LogP contribution in [0.5, 0.6) is 5.75 Å². The Hall–Kier alpha value is -1.96. The second-order valence-electron chi connectivity index (χ2n) is 6.94. The van der Waals surface area contributed by atoms with Gasteiger partial charge in [0.15, 0.2) is 0 Å². The quantitative estimate of drug-likeness (QED) is 0.713. The first-order valence-electron chi connectivity index (χ1n) is 9.08. The van der Waals surface area contributed by atoms with Crippen molar-refractivity contribution < 1.29 is 17.9 Å². The molecule has 2 aromatic carbocycles. The molecule has 0 saturated heterocycles. The predicted molar refractivity (Wildman–Crippen MR) is 115 cm³/mol. The van der Waals surface area contributed by atoms with Crippen LogP contribution in [0.2, 0.25) is 10.0 Å². The zero-order chi connectivity index (χ0) is 21.2. The summed E-state index contributed by atoms with van der Waals surface area (Å²) in [5, 5.41) is 3.48. The molecule has 0 aromatic heterocycles. The van der Waals surface area contributed by atoms with Crippen molar-refractivity contribution in [1.29, 1.82) is 0 Å². The molecule has 0 saturated carbocycles. The summed E-state index contributed by atoms with van der Waals surface area (Å²) in [6.45, 7) is -0.388. The summed E-state index contributed by atoms with van der Waals surface area (Å²) < 4.78 is 30.9. The highest BCUT2D eigenvalue weighted by molar-refractivity contribution is 7.92. The fourth-order valence-electron chi connectivity index (χ4n) is 3.50. The largest absolute Gasteiger partial charge is 0.497 e. The molecule has 0 aliphatic heterocycles. The number of ether oxygens (including phenoxy) is 1. The third kappa shape index (κ3) is 5.15. The van der Waals surface area contributed by atoms with E-state index in [0.717, 1.165) is 46.7 Å². The number of sulfonamides is 1. The third-order valence-electron chi connectivity index (χ3n) is 4.86. The van der Waals surface area contributed by atoms with Crippen molar-refractivity contribution in [1.82, 2.24) is 5.32 Å². The van der Waals surface area contributed by atoms with E-state index in [1.807, 2.05) is 18.2 Å². The van der Waals surface area contributed by atoms with Crippen LogP contribution in [0.3, 0.4) is 0 Å². The Morgan fingerprint density at radius 2 is 2.00 bits per heavy atom. The number of rotatable bonds is 6. The minimum Gasteiger partial charge on any atom is -0.497 e. The van der Waals surface area contributed by atoms with Crippen molar-refractivity contribution in [2.45, 2.75) is 25.3 Å². The Morgan fingerprint density at radius 1 is 1.24 bits per heavy atom. The van der Waals surface area contributed by atoms with Gasteiger partial charge in [-0.15, -0.1) is 0 Å². The van der Waals surface area contributed by atoms with E-state index < -0.39 is 15.9 Å². The van der Waals surface area contributed by atoms with Crippen LogP contribution < -0.4 is 14.4 Å². The van der Waals surface area contributed by atoms with Gasteiger partial charge in [0, 0.05) is 5.02 Å². The minimum atomic E-state index is -3.75. The number of hydrogen-bond acceptors (Lipinski definition) is 4. The van der Waals surface area contributed by atoms with Crippen molar-refractivity contribution in [3.05, 3.63) is 57.6 Å². The van der Waals surface area contributed by atoms with Gasteiger partial charge in [-0.2, -0.15) is 0 Å². The van der Waals surface area contributed by atoms with Crippen LogP contribution in [0.1, 0.15) is 30.0 Å². The Balaban J connectivity index is 1.81. The molecule has 9 heteroatoms. The number of halogens is 2. The maximum absolute atomic E-state index is 12.8. The monoisotopic (exact) mass is 456 g/mol. The van der Waals surface area contributed by atoms with E-state index in [4.69, 9.17) is 27.9 Å². The average molecular weight is 457 g/mol. The summed E-state index contributed by atoms with van der Waals surface area (Å²) in [6.07, 6.45) is 3.63. The smallest absolute Gasteiger partial charge is 0.241 e. The van der Waals surface area contributed by atoms with Gasteiger partial charge in [0.05, 0.1) is 30.1 Å². The second kappa shape index (κ2) is 8.81. The highest BCUT2D eigenvalue weighted by Gasteiger charge is 2.27. The topological polar surface area (TPSA) is 75.7 Å². The summed E-state index contributed by atoms with van der Waals surface area (Å²) >= 11 is 12.2. The maximum atomic E-state index is 12.8. The summed E-state index contributed by atoms with van der Waals surface area (Å²) in [6, 6.07) is 10.1. The van der Waals surface area contributed by atoms with Gasteiger partial charge in [-0.05, 0) is 60.7 Å². The van der Waals surface area contributed by atoms with Crippen LogP contribution in [0, 0.1) is 0 Å². The van der Waals surface area contributed by atoms with E-state index in [1.54, 1.807) is 13.2 Å². The van der Waals surface area contributed by atoms with Crippen molar-refractivity contribution in [2.75, 3.05) is 24.2 Å². The third-order valence-corrected chi connectivity index (χ3v) is 6.55. The lowest BCUT2D eigenvalue weighted by Crippen LogP contribution is -2.42. The Kier molecular flexibility index (Phi) is 6.61. The Bertz CT molecular complexity index is 1030. The van der Waals surface area contributed by atoms with Crippen LogP contribution in [-0.4, -0.2) is 34.2 Å². The van der Waals surface area contributed by atoms with Crippen LogP contribution >= 0.6 is 23.2 Å². The molecule has 0 heterocycles. The number of fused-ring (bicyclic) bond motifs is 1. The van der Waals surface area contributed by atoms with Crippen LogP contribution in [0.4, 0.5) is 5.69 Å². The molecule has 29 heavy (non-hydrogen) atoms. The van der Waals surface area contributed by atoms with Gasteiger partial charge in [-0.1, -0.05) is 29.3 Å². The van der Waals surface area contributed by atoms with Gasteiger partial charge >= 0.3 is 0 Å². The van der Waals surface area contributed by atoms with Gasteiger partial charge in [0.2, 0.25) is 15.9 Å². The Labute approximate surface area is 180 Å². The first-order chi connectivity index (χ1) is 13.7. The van der Waals surface area contributed by atoms with E-state index >= 15 is 0 Å². The molecule has 0 bridgehead atoms. The van der Waals surface area contributed by atoms with Crippen LogP contribution in [-0.2, 0) is 21.2 Å². The molecule has 1 amide bonds. The molecule has 1 unspecified atom stereocenters. The standard InChI is InChI=1S/C20H22Cl2N2O4S/c1-28-15-7-8-16-13(10-15)4-3-5-18(16)23-20(25)12-24(29(2,26)27)19-11-14(21)6-9-17(19)22/h6-11,18H,3-5,12H2,1-2H3,(H,23,25). The molecule has 3 rings (SSSR count). The van der Waals surface area contributed by atoms with Crippen molar-refractivity contribution >= 4 is 44.8 Å². The van der Waals surface area contributed by atoms with E-state index in [1.165, 1.54) is 12.1 Å². The number of nitrogens with zero attached hydrogens (tertiary/aromatic N) is 1. The lowest BCUT2D eigenvalue weighted by atomic mass is 9.87. The number of aryl methyl sites for hydroxylation is 1. The fourth-order valence-corrected chi connectivity index (χ4v) is 4.79. The van der Waals surface area contributed by atoms with Crippen molar-refractivity contribution in [3.8, 4) is 5.75 Å². The molecule has 1 N–H and O–H groups in total. The molecule has 0 fully saturated rings. The molecular formula is C20H22Cl2N2O4S. The normalized spacial score (nSPS) is 16.1. The van der Waals surface area contributed by atoms with E-state index in [-0.39, 0.29) is 23.3 Å². The van der Waals surface area contributed by atoms with E-state index in [2.05, 4.69) is 5.32 Å². The lowest BCUT2D eigenvalue weighted by Gasteiger charge is -2.28. The fraction of sp³-hybridized carbons (Fsp3) is 0.350. The van der Waals surface area contributed by atoms with Crippen molar-refractivity contribution in [3.63, 3.8) is 0 Å². The highest BCUT2D eigenvalue weighted by Crippen LogP contribution is 2.33.